The summed E-state index contributed by atoms with van der Waals surface area (Å²) >= 11 is 0. The molecule has 0 aliphatic carbocycles. The van der Waals surface area contributed by atoms with Crippen molar-refractivity contribution in [2.45, 2.75) is 46.1 Å². The van der Waals surface area contributed by atoms with Crippen molar-refractivity contribution in [2.75, 3.05) is 20.3 Å². The Morgan fingerprint density at radius 3 is 2.63 bits per heavy atom. The molecule has 1 heterocycles. The Bertz CT molecular complexity index is 714. The molecule has 1 aliphatic heterocycles. The number of carbonyl (C=O) groups is 2. The molecule has 148 valence electrons. The Morgan fingerprint density at radius 2 is 1.96 bits per heavy atom. The van der Waals surface area contributed by atoms with E-state index < -0.39 is 12.0 Å². The average Bonchev–Trinajstić information content (AvgIpc) is 2.65. The molecule has 0 fully saturated rings. The molecule has 0 saturated carbocycles. The van der Waals surface area contributed by atoms with Crippen molar-refractivity contribution in [2.24, 2.45) is 0 Å². The van der Waals surface area contributed by atoms with E-state index in [9.17, 15) is 9.59 Å². The standard InChI is InChI=1S/C20H28N2O5/c1-5-7-8-11-27-19(23)17-13(3)21-20(24)22-18(17)14-9-10-15(26-6-2)16(12-14)25-4/h9-10,12,18H,5-8,11H2,1-4H3,(H2,21,22,24)/t18-/m1/s1. The lowest BCUT2D eigenvalue weighted by atomic mass is 9.95. The van der Waals surface area contributed by atoms with Crippen LogP contribution in [0.5, 0.6) is 11.5 Å². The van der Waals surface area contributed by atoms with Gasteiger partial charge < -0.3 is 24.8 Å². The van der Waals surface area contributed by atoms with Crippen LogP contribution >= 0.6 is 0 Å². The minimum absolute atomic E-state index is 0.358. The normalized spacial score (nSPS) is 16.4. The van der Waals surface area contributed by atoms with Crippen molar-refractivity contribution in [1.29, 1.82) is 0 Å². The largest absolute Gasteiger partial charge is 0.493 e. The number of allylic oxidation sites excluding steroid dienone is 1. The second-order valence-corrected chi connectivity index (χ2v) is 6.26. The Hall–Kier alpha value is -2.70. The lowest BCUT2D eigenvalue weighted by molar-refractivity contribution is -0.139. The van der Waals surface area contributed by atoms with Gasteiger partial charge in [-0.2, -0.15) is 0 Å². The van der Waals surface area contributed by atoms with E-state index in [0.29, 0.717) is 41.5 Å². The molecule has 0 saturated heterocycles. The third-order valence-electron chi connectivity index (χ3n) is 4.29. The second kappa shape index (κ2) is 9.85. The maximum absolute atomic E-state index is 12.7. The Labute approximate surface area is 160 Å². The first-order chi connectivity index (χ1) is 13.0. The van der Waals surface area contributed by atoms with Crippen LogP contribution in [0.25, 0.3) is 0 Å². The highest BCUT2D eigenvalue weighted by Crippen LogP contribution is 2.34. The summed E-state index contributed by atoms with van der Waals surface area (Å²) in [5.74, 6) is 0.706. The number of hydrogen-bond acceptors (Lipinski definition) is 5. The molecule has 2 rings (SSSR count). The molecule has 7 heteroatoms. The average molecular weight is 376 g/mol. The van der Waals surface area contributed by atoms with Gasteiger partial charge in [0.2, 0.25) is 0 Å². The highest BCUT2D eigenvalue weighted by molar-refractivity contribution is 5.95. The van der Waals surface area contributed by atoms with Crippen LogP contribution in [0, 0.1) is 0 Å². The van der Waals surface area contributed by atoms with Gasteiger partial charge in [-0.05, 0) is 38.0 Å². The molecule has 1 aliphatic rings. The minimum atomic E-state index is -0.623. The minimum Gasteiger partial charge on any atom is -0.493 e. The van der Waals surface area contributed by atoms with Gasteiger partial charge in [-0.1, -0.05) is 25.8 Å². The topological polar surface area (TPSA) is 85.9 Å². The van der Waals surface area contributed by atoms with Gasteiger partial charge in [0.15, 0.2) is 11.5 Å². The first-order valence-electron chi connectivity index (χ1n) is 9.27. The summed E-state index contributed by atoms with van der Waals surface area (Å²) in [5.41, 5.74) is 1.58. The van der Waals surface area contributed by atoms with Crippen molar-refractivity contribution < 1.29 is 23.8 Å². The number of rotatable bonds is 9. The monoisotopic (exact) mass is 376 g/mol. The number of carbonyl (C=O) groups excluding carboxylic acids is 2. The second-order valence-electron chi connectivity index (χ2n) is 6.26. The van der Waals surface area contributed by atoms with E-state index in [1.54, 1.807) is 32.2 Å². The molecular formula is C20H28N2O5. The molecule has 1 aromatic carbocycles. The van der Waals surface area contributed by atoms with Gasteiger partial charge in [0.25, 0.3) is 0 Å². The lowest BCUT2D eigenvalue weighted by Gasteiger charge is -2.28. The fourth-order valence-electron chi connectivity index (χ4n) is 2.95. The fourth-order valence-corrected chi connectivity index (χ4v) is 2.95. The molecule has 0 aromatic heterocycles. The van der Waals surface area contributed by atoms with Crippen LogP contribution in [0.2, 0.25) is 0 Å². The van der Waals surface area contributed by atoms with Crippen molar-refractivity contribution in [3.05, 3.63) is 35.0 Å². The van der Waals surface area contributed by atoms with Crippen LogP contribution < -0.4 is 20.1 Å². The molecule has 0 unspecified atom stereocenters. The Morgan fingerprint density at radius 1 is 1.19 bits per heavy atom. The van der Waals surface area contributed by atoms with E-state index in [1.165, 1.54) is 0 Å². The predicted molar refractivity (Wildman–Crippen MR) is 102 cm³/mol. The van der Waals surface area contributed by atoms with E-state index in [2.05, 4.69) is 17.6 Å². The molecule has 1 atom stereocenters. The number of methoxy groups -OCH3 is 1. The third-order valence-corrected chi connectivity index (χ3v) is 4.29. The zero-order valence-electron chi connectivity index (χ0n) is 16.4. The van der Waals surface area contributed by atoms with Crippen LogP contribution in [0.1, 0.15) is 51.6 Å². The highest BCUT2D eigenvalue weighted by atomic mass is 16.5. The van der Waals surface area contributed by atoms with Gasteiger partial charge in [0.1, 0.15) is 0 Å². The number of benzene rings is 1. The highest BCUT2D eigenvalue weighted by Gasteiger charge is 2.32. The van der Waals surface area contributed by atoms with Gasteiger partial charge in [0, 0.05) is 5.70 Å². The summed E-state index contributed by atoms with van der Waals surface area (Å²) in [6.45, 7) is 6.54. The van der Waals surface area contributed by atoms with Crippen LogP contribution in [-0.2, 0) is 9.53 Å². The summed E-state index contributed by atoms with van der Waals surface area (Å²) < 4.78 is 16.3. The predicted octanol–water partition coefficient (Wildman–Crippen LogP) is 3.46. The first-order valence-corrected chi connectivity index (χ1v) is 9.27. The van der Waals surface area contributed by atoms with Crippen molar-refractivity contribution in [3.63, 3.8) is 0 Å². The van der Waals surface area contributed by atoms with E-state index in [4.69, 9.17) is 14.2 Å². The van der Waals surface area contributed by atoms with Crippen LogP contribution in [0.4, 0.5) is 4.79 Å². The molecule has 2 amide bonds. The number of unbranched alkanes of at least 4 members (excludes halogenated alkanes) is 2. The maximum Gasteiger partial charge on any atom is 0.338 e. The molecular weight excluding hydrogens is 348 g/mol. The molecule has 2 N–H and O–H groups in total. The van der Waals surface area contributed by atoms with Crippen molar-refractivity contribution in [1.82, 2.24) is 10.6 Å². The number of hydrogen-bond donors (Lipinski definition) is 2. The Balaban J connectivity index is 2.30. The zero-order chi connectivity index (χ0) is 19.8. The Kier molecular flexibility index (Phi) is 7.52. The number of esters is 1. The number of urea groups is 1. The number of nitrogens with one attached hydrogen (secondary N) is 2. The fraction of sp³-hybridized carbons (Fsp3) is 0.500. The molecule has 0 spiro atoms. The smallest absolute Gasteiger partial charge is 0.338 e. The molecule has 0 bridgehead atoms. The summed E-state index contributed by atoms with van der Waals surface area (Å²) in [7, 11) is 1.55. The number of ether oxygens (including phenoxy) is 3. The SMILES string of the molecule is CCCCCOC(=O)C1=C(C)NC(=O)N[C@@H]1c1ccc(OCC)c(OC)c1. The molecule has 1 aromatic rings. The van der Waals surface area contributed by atoms with Crippen molar-refractivity contribution >= 4 is 12.0 Å². The lowest BCUT2D eigenvalue weighted by Crippen LogP contribution is -2.45. The van der Waals surface area contributed by atoms with Gasteiger partial charge in [-0.15, -0.1) is 0 Å². The van der Waals surface area contributed by atoms with E-state index in [1.807, 2.05) is 6.92 Å². The van der Waals surface area contributed by atoms with Gasteiger partial charge >= 0.3 is 12.0 Å². The van der Waals surface area contributed by atoms with E-state index in [-0.39, 0.29) is 6.03 Å². The third kappa shape index (κ3) is 5.15. The molecule has 27 heavy (non-hydrogen) atoms. The zero-order valence-corrected chi connectivity index (χ0v) is 16.4. The van der Waals surface area contributed by atoms with Crippen molar-refractivity contribution in [3.8, 4) is 11.5 Å². The number of amides is 2. The first kappa shape index (κ1) is 20.6. The summed E-state index contributed by atoms with van der Waals surface area (Å²) in [4.78, 5) is 24.6. The summed E-state index contributed by atoms with van der Waals surface area (Å²) in [5, 5.41) is 5.44. The van der Waals surface area contributed by atoms with E-state index in [0.717, 1.165) is 19.3 Å². The van der Waals surface area contributed by atoms with Crippen LogP contribution in [0.3, 0.4) is 0 Å². The molecule has 7 nitrogen and oxygen atoms in total. The maximum atomic E-state index is 12.7. The van der Waals surface area contributed by atoms with Gasteiger partial charge in [-0.25, -0.2) is 9.59 Å². The van der Waals surface area contributed by atoms with E-state index >= 15 is 0 Å². The summed E-state index contributed by atoms with van der Waals surface area (Å²) in [6, 6.07) is 4.35. The van der Waals surface area contributed by atoms with Crippen LogP contribution in [0.15, 0.2) is 29.5 Å². The van der Waals surface area contributed by atoms with Gasteiger partial charge in [0.05, 0.1) is 31.9 Å². The van der Waals surface area contributed by atoms with Crippen LogP contribution in [-0.4, -0.2) is 32.3 Å². The summed E-state index contributed by atoms with van der Waals surface area (Å²) in [6.07, 6.45) is 2.86. The quantitative estimate of drug-likeness (QED) is 0.509. The van der Waals surface area contributed by atoms with Gasteiger partial charge in [-0.3, -0.25) is 0 Å². The molecule has 0 radical (unpaired) electrons.